The summed E-state index contributed by atoms with van der Waals surface area (Å²) in [6.07, 6.45) is 1.57. The van der Waals surface area contributed by atoms with Crippen molar-refractivity contribution in [3.63, 3.8) is 0 Å². The number of pyridine rings is 2. The van der Waals surface area contributed by atoms with Crippen LogP contribution in [-0.2, 0) is 12.7 Å². The minimum absolute atomic E-state index is 0.422. The number of hydrogen-bond donors (Lipinski definition) is 0. The molecule has 4 heterocycles. The van der Waals surface area contributed by atoms with E-state index in [1.54, 1.807) is 12.3 Å². The Hall–Kier alpha value is -2.19. The third-order valence-electron chi connectivity index (χ3n) is 5.87. The third kappa shape index (κ3) is 5.05. The van der Waals surface area contributed by atoms with E-state index in [2.05, 4.69) is 25.8 Å². The van der Waals surface area contributed by atoms with Gasteiger partial charge in [0.05, 0.1) is 0 Å². The maximum absolute atomic E-state index is 12.9. The first-order valence-corrected chi connectivity index (χ1v) is 10.1. The smallest absolute Gasteiger partial charge is 0.354 e. The molecule has 0 spiro atoms. The number of anilines is 1. The van der Waals surface area contributed by atoms with Gasteiger partial charge in [0.2, 0.25) is 0 Å². The van der Waals surface area contributed by atoms with Gasteiger partial charge in [-0.2, -0.15) is 13.2 Å². The maximum Gasteiger partial charge on any atom is 0.433 e. The summed E-state index contributed by atoms with van der Waals surface area (Å²) >= 11 is 0. The van der Waals surface area contributed by atoms with Gasteiger partial charge in [0.1, 0.15) is 11.5 Å². The number of hydrogen-bond acceptors (Lipinski definition) is 5. The molecule has 2 saturated heterocycles. The highest BCUT2D eigenvalue weighted by molar-refractivity contribution is 5.40. The molecule has 2 aromatic heterocycles. The molecule has 4 rings (SSSR count). The summed E-state index contributed by atoms with van der Waals surface area (Å²) in [4.78, 5) is 14.9. The van der Waals surface area contributed by atoms with Crippen molar-refractivity contribution in [2.24, 2.45) is 0 Å². The Balaban J connectivity index is 1.26. The fourth-order valence-electron chi connectivity index (χ4n) is 4.27. The number of rotatable bonds is 4. The van der Waals surface area contributed by atoms with Crippen LogP contribution in [0.5, 0.6) is 0 Å². The van der Waals surface area contributed by atoms with Crippen LogP contribution in [0.3, 0.4) is 0 Å². The fraction of sp³-hybridized carbons (Fsp3) is 0.524. The lowest BCUT2D eigenvalue weighted by Gasteiger charge is -2.43. The highest BCUT2D eigenvalue weighted by Crippen LogP contribution is 2.29. The molecule has 156 valence electrons. The van der Waals surface area contributed by atoms with Crippen LogP contribution in [0.15, 0.2) is 42.7 Å². The van der Waals surface area contributed by atoms with Crippen LogP contribution in [0.25, 0.3) is 0 Å². The first-order chi connectivity index (χ1) is 14.0. The summed E-state index contributed by atoms with van der Waals surface area (Å²) in [5.74, 6) is 0.422. The van der Waals surface area contributed by atoms with Gasteiger partial charge in [-0.05, 0) is 49.7 Å². The number of aromatic nitrogens is 2. The predicted molar refractivity (Wildman–Crippen MR) is 106 cm³/mol. The molecule has 0 bridgehead atoms. The first-order valence-electron chi connectivity index (χ1n) is 10.1. The average Bonchev–Trinajstić information content (AvgIpc) is 2.75. The molecule has 2 aliphatic heterocycles. The Morgan fingerprint density at radius 2 is 1.69 bits per heavy atom. The number of piperidine rings is 1. The summed E-state index contributed by atoms with van der Waals surface area (Å²) in [7, 11) is 0. The van der Waals surface area contributed by atoms with E-state index in [0.717, 1.165) is 51.6 Å². The number of alkyl halides is 3. The molecule has 0 N–H and O–H groups in total. The summed E-state index contributed by atoms with van der Waals surface area (Å²) in [6.45, 7) is 6.23. The van der Waals surface area contributed by atoms with E-state index in [4.69, 9.17) is 0 Å². The molecular formula is C21H26F3N5. The van der Waals surface area contributed by atoms with E-state index < -0.39 is 11.9 Å². The van der Waals surface area contributed by atoms with Crippen LogP contribution < -0.4 is 4.90 Å². The van der Waals surface area contributed by atoms with Crippen LogP contribution >= 0.6 is 0 Å². The van der Waals surface area contributed by atoms with Gasteiger partial charge in [-0.25, -0.2) is 4.98 Å². The summed E-state index contributed by atoms with van der Waals surface area (Å²) in [5, 5.41) is 0. The zero-order valence-electron chi connectivity index (χ0n) is 16.4. The second-order valence-electron chi connectivity index (χ2n) is 7.77. The molecular weight excluding hydrogens is 379 g/mol. The Morgan fingerprint density at radius 1 is 0.931 bits per heavy atom. The Morgan fingerprint density at radius 3 is 2.34 bits per heavy atom. The molecule has 0 saturated carbocycles. The number of halogens is 3. The second kappa shape index (κ2) is 8.67. The zero-order chi connectivity index (χ0) is 20.3. The van der Waals surface area contributed by atoms with Gasteiger partial charge >= 0.3 is 6.18 Å². The quantitative estimate of drug-likeness (QED) is 0.780. The van der Waals surface area contributed by atoms with Crippen LogP contribution in [0.1, 0.15) is 24.1 Å². The molecule has 0 unspecified atom stereocenters. The van der Waals surface area contributed by atoms with Gasteiger partial charge in [0.25, 0.3) is 0 Å². The first kappa shape index (κ1) is 20.1. The van der Waals surface area contributed by atoms with Gasteiger partial charge in [0.15, 0.2) is 0 Å². The third-order valence-corrected chi connectivity index (χ3v) is 5.87. The Labute approximate surface area is 169 Å². The number of likely N-dealkylation sites (tertiary alicyclic amines) is 1. The van der Waals surface area contributed by atoms with E-state index in [1.807, 2.05) is 17.2 Å². The molecule has 0 radical (unpaired) electrons. The monoisotopic (exact) mass is 405 g/mol. The normalized spacial score (nSPS) is 20.2. The largest absolute Gasteiger partial charge is 0.433 e. The Kier molecular flexibility index (Phi) is 6.01. The molecule has 29 heavy (non-hydrogen) atoms. The van der Waals surface area contributed by atoms with Crippen molar-refractivity contribution in [2.75, 3.05) is 44.2 Å². The van der Waals surface area contributed by atoms with E-state index in [9.17, 15) is 13.2 Å². The highest BCUT2D eigenvalue weighted by Gasteiger charge is 2.33. The van der Waals surface area contributed by atoms with Gasteiger partial charge < -0.3 is 4.90 Å². The van der Waals surface area contributed by atoms with E-state index in [1.165, 1.54) is 11.6 Å². The zero-order valence-corrected chi connectivity index (χ0v) is 16.4. The van der Waals surface area contributed by atoms with Crippen molar-refractivity contribution < 1.29 is 13.2 Å². The Bertz CT molecular complexity index is 782. The summed E-state index contributed by atoms with van der Waals surface area (Å²) in [5.41, 5.74) is 0.423. The van der Waals surface area contributed by atoms with Crippen LogP contribution in [0.4, 0.5) is 19.0 Å². The van der Waals surface area contributed by atoms with Gasteiger partial charge in [0, 0.05) is 51.2 Å². The summed E-state index contributed by atoms with van der Waals surface area (Å²) < 4.78 is 38.7. The minimum Gasteiger partial charge on any atom is -0.354 e. The van der Waals surface area contributed by atoms with Gasteiger partial charge in [-0.3, -0.25) is 14.8 Å². The van der Waals surface area contributed by atoms with E-state index in [0.29, 0.717) is 24.9 Å². The lowest BCUT2D eigenvalue weighted by Crippen LogP contribution is -2.53. The molecule has 2 aromatic rings. The van der Waals surface area contributed by atoms with Crippen molar-refractivity contribution in [1.29, 1.82) is 0 Å². The van der Waals surface area contributed by atoms with E-state index in [-0.39, 0.29) is 0 Å². The fourth-order valence-corrected chi connectivity index (χ4v) is 4.27. The summed E-state index contributed by atoms with van der Waals surface area (Å²) in [6, 6.07) is 8.77. The van der Waals surface area contributed by atoms with Crippen molar-refractivity contribution in [3.8, 4) is 0 Å². The molecule has 8 heteroatoms. The average molecular weight is 405 g/mol. The standard InChI is InChI=1S/C21H26F3N5/c22-21(23,24)19-4-1-5-20(26-19)29-13-11-28(12-14-29)18-6-9-27(10-7-18)16-17-3-2-8-25-15-17/h1-5,8,15,18H,6-7,9-14,16H2. The van der Waals surface area contributed by atoms with Crippen LogP contribution in [-0.4, -0.2) is 65.1 Å². The molecule has 2 fully saturated rings. The molecule has 2 aliphatic rings. The van der Waals surface area contributed by atoms with Crippen molar-refractivity contribution >= 4 is 5.82 Å². The number of piperazine rings is 1. The maximum atomic E-state index is 12.9. The molecule has 0 aromatic carbocycles. The molecule has 5 nitrogen and oxygen atoms in total. The van der Waals surface area contributed by atoms with Crippen molar-refractivity contribution in [2.45, 2.75) is 31.6 Å². The highest BCUT2D eigenvalue weighted by atomic mass is 19.4. The topological polar surface area (TPSA) is 35.5 Å². The SMILES string of the molecule is FC(F)(F)c1cccc(N2CCN(C3CCN(Cc4cccnc4)CC3)CC2)n1. The lowest BCUT2D eigenvalue weighted by molar-refractivity contribution is -0.141. The van der Waals surface area contributed by atoms with E-state index >= 15 is 0 Å². The van der Waals surface area contributed by atoms with Crippen molar-refractivity contribution in [3.05, 3.63) is 54.0 Å². The number of nitrogens with zero attached hydrogens (tertiary/aromatic N) is 5. The van der Waals surface area contributed by atoms with Crippen LogP contribution in [0, 0.1) is 0 Å². The second-order valence-corrected chi connectivity index (χ2v) is 7.77. The molecule has 0 amide bonds. The molecule has 0 atom stereocenters. The predicted octanol–water partition coefficient (Wildman–Crippen LogP) is 3.28. The molecule has 0 aliphatic carbocycles. The van der Waals surface area contributed by atoms with Gasteiger partial charge in [-0.1, -0.05) is 12.1 Å². The van der Waals surface area contributed by atoms with Crippen molar-refractivity contribution in [1.82, 2.24) is 19.8 Å². The minimum atomic E-state index is -4.40. The lowest BCUT2D eigenvalue weighted by atomic mass is 10.0. The van der Waals surface area contributed by atoms with Crippen LogP contribution in [0.2, 0.25) is 0 Å². The van der Waals surface area contributed by atoms with Gasteiger partial charge in [-0.15, -0.1) is 0 Å².